The van der Waals surface area contributed by atoms with Gasteiger partial charge >= 0.3 is 6.09 Å². The third-order valence-corrected chi connectivity index (χ3v) is 4.92. The van der Waals surface area contributed by atoms with Crippen LogP contribution >= 0.6 is 15.9 Å². The zero-order valence-corrected chi connectivity index (χ0v) is 18.9. The number of carbonyl (C=O) groups excluding carboxylic acids is 2. The zero-order valence-electron chi connectivity index (χ0n) is 17.3. The molecule has 3 rings (SSSR count). The van der Waals surface area contributed by atoms with E-state index in [0.717, 1.165) is 25.1 Å². The molecule has 1 unspecified atom stereocenters. The lowest BCUT2D eigenvalue weighted by Gasteiger charge is -2.35. The molecule has 0 radical (unpaired) electrons. The van der Waals surface area contributed by atoms with E-state index >= 15 is 0 Å². The third kappa shape index (κ3) is 6.16. The number of halogens is 1. The minimum Gasteiger partial charge on any atom is -0.444 e. The van der Waals surface area contributed by atoms with Gasteiger partial charge in [0.25, 0.3) is 5.91 Å². The van der Waals surface area contributed by atoms with Crippen LogP contribution in [-0.2, 0) is 4.74 Å². The predicted octanol–water partition coefficient (Wildman–Crippen LogP) is 3.98. The number of amides is 2. The minimum absolute atomic E-state index is 0.0444. The van der Waals surface area contributed by atoms with E-state index in [2.05, 4.69) is 41.4 Å². The molecule has 160 valence electrons. The molecule has 2 aromatic heterocycles. The molecule has 0 spiro atoms. The SMILES string of the molecule is CC(C)(C)OC(=O)NC1CCCN(c2ccncc2NC(=O)c2cccc(Br)n2)C1. The van der Waals surface area contributed by atoms with E-state index in [0.29, 0.717) is 22.5 Å². The highest BCUT2D eigenvalue weighted by Gasteiger charge is 2.26. The van der Waals surface area contributed by atoms with Crippen LogP contribution in [0.2, 0.25) is 0 Å². The lowest BCUT2D eigenvalue weighted by molar-refractivity contribution is 0.0500. The van der Waals surface area contributed by atoms with Crippen LogP contribution < -0.4 is 15.5 Å². The van der Waals surface area contributed by atoms with Crippen LogP contribution in [0.1, 0.15) is 44.1 Å². The maximum absolute atomic E-state index is 12.6. The van der Waals surface area contributed by atoms with Gasteiger partial charge in [-0.3, -0.25) is 9.78 Å². The molecule has 1 aliphatic rings. The van der Waals surface area contributed by atoms with E-state index in [1.165, 1.54) is 0 Å². The number of alkyl carbamates (subject to hydrolysis) is 1. The summed E-state index contributed by atoms with van der Waals surface area (Å²) >= 11 is 3.28. The Morgan fingerprint density at radius 1 is 1.27 bits per heavy atom. The molecular weight excluding hydrogens is 450 g/mol. The maximum atomic E-state index is 12.6. The fourth-order valence-electron chi connectivity index (χ4n) is 3.27. The van der Waals surface area contributed by atoms with Crippen LogP contribution in [0.15, 0.2) is 41.3 Å². The van der Waals surface area contributed by atoms with Gasteiger partial charge in [-0.05, 0) is 67.7 Å². The molecule has 2 N–H and O–H groups in total. The summed E-state index contributed by atoms with van der Waals surface area (Å²) in [6.07, 6.45) is 4.66. The van der Waals surface area contributed by atoms with Gasteiger partial charge in [-0.15, -0.1) is 0 Å². The summed E-state index contributed by atoms with van der Waals surface area (Å²) in [5, 5.41) is 5.85. The molecule has 30 heavy (non-hydrogen) atoms. The van der Waals surface area contributed by atoms with Crippen LogP contribution in [-0.4, -0.2) is 46.7 Å². The molecule has 9 heteroatoms. The molecule has 8 nitrogen and oxygen atoms in total. The van der Waals surface area contributed by atoms with Crippen molar-refractivity contribution < 1.29 is 14.3 Å². The lowest BCUT2D eigenvalue weighted by Crippen LogP contribution is -2.49. The average molecular weight is 476 g/mol. The summed E-state index contributed by atoms with van der Waals surface area (Å²) in [5.74, 6) is -0.314. The number of piperidine rings is 1. The Bertz CT molecular complexity index is 916. The van der Waals surface area contributed by atoms with Crippen molar-refractivity contribution in [1.29, 1.82) is 0 Å². The molecule has 1 atom stereocenters. The fraction of sp³-hybridized carbons (Fsp3) is 0.429. The monoisotopic (exact) mass is 475 g/mol. The van der Waals surface area contributed by atoms with Crippen molar-refractivity contribution in [3.05, 3.63) is 47.0 Å². The van der Waals surface area contributed by atoms with Crippen molar-refractivity contribution in [2.75, 3.05) is 23.3 Å². The maximum Gasteiger partial charge on any atom is 0.407 e. The number of nitrogens with one attached hydrogen (secondary N) is 2. The molecule has 0 aliphatic carbocycles. The first-order valence-electron chi connectivity index (χ1n) is 9.84. The van der Waals surface area contributed by atoms with E-state index in [-0.39, 0.29) is 11.9 Å². The van der Waals surface area contributed by atoms with Gasteiger partial charge in [0.15, 0.2) is 0 Å². The number of hydrogen-bond donors (Lipinski definition) is 2. The van der Waals surface area contributed by atoms with Crippen molar-refractivity contribution in [2.24, 2.45) is 0 Å². The van der Waals surface area contributed by atoms with Crippen molar-refractivity contribution in [2.45, 2.75) is 45.3 Å². The second-order valence-electron chi connectivity index (χ2n) is 8.12. The quantitative estimate of drug-likeness (QED) is 0.648. The molecule has 2 amide bonds. The van der Waals surface area contributed by atoms with Crippen LogP contribution in [0.5, 0.6) is 0 Å². The number of pyridine rings is 2. The Morgan fingerprint density at radius 3 is 2.80 bits per heavy atom. The molecule has 1 saturated heterocycles. The van der Waals surface area contributed by atoms with E-state index in [1.54, 1.807) is 30.6 Å². The molecule has 0 saturated carbocycles. The summed E-state index contributed by atoms with van der Waals surface area (Å²) in [4.78, 5) is 35.2. The molecule has 2 aromatic rings. The molecule has 0 aromatic carbocycles. The Morgan fingerprint density at radius 2 is 2.07 bits per heavy atom. The highest BCUT2D eigenvalue weighted by Crippen LogP contribution is 2.28. The predicted molar refractivity (Wildman–Crippen MR) is 119 cm³/mol. The number of rotatable bonds is 4. The van der Waals surface area contributed by atoms with Gasteiger partial charge in [0, 0.05) is 25.3 Å². The van der Waals surface area contributed by atoms with Crippen LogP contribution in [0.3, 0.4) is 0 Å². The van der Waals surface area contributed by atoms with Crippen LogP contribution in [0.4, 0.5) is 16.2 Å². The highest BCUT2D eigenvalue weighted by molar-refractivity contribution is 9.10. The summed E-state index contributed by atoms with van der Waals surface area (Å²) in [5.41, 5.74) is 1.22. The Hall–Kier alpha value is -2.68. The standard InChI is InChI=1S/C21H26BrN5O3/c1-21(2,3)30-20(29)24-14-6-5-11-27(13-14)17-9-10-23-12-16(17)26-19(28)15-7-4-8-18(22)25-15/h4,7-10,12,14H,5-6,11,13H2,1-3H3,(H,24,29)(H,26,28). The van der Waals surface area contributed by atoms with Gasteiger partial charge in [0.1, 0.15) is 15.9 Å². The van der Waals surface area contributed by atoms with Gasteiger partial charge < -0.3 is 20.3 Å². The van der Waals surface area contributed by atoms with Gasteiger partial charge in [0.2, 0.25) is 0 Å². The van der Waals surface area contributed by atoms with Gasteiger partial charge in [-0.25, -0.2) is 9.78 Å². The number of aromatic nitrogens is 2. The van der Waals surface area contributed by atoms with E-state index in [4.69, 9.17) is 4.74 Å². The van der Waals surface area contributed by atoms with E-state index < -0.39 is 11.7 Å². The van der Waals surface area contributed by atoms with Crippen molar-refractivity contribution >= 4 is 39.3 Å². The first-order chi connectivity index (χ1) is 14.2. The minimum atomic E-state index is -0.540. The first kappa shape index (κ1) is 22.0. The smallest absolute Gasteiger partial charge is 0.407 e. The number of carbonyl (C=O) groups is 2. The second kappa shape index (κ2) is 9.42. The van der Waals surface area contributed by atoms with Gasteiger partial charge in [0.05, 0.1) is 17.6 Å². The van der Waals surface area contributed by atoms with E-state index in [9.17, 15) is 9.59 Å². The number of ether oxygens (including phenoxy) is 1. The number of nitrogens with zero attached hydrogens (tertiary/aromatic N) is 3. The molecule has 1 fully saturated rings. The van der Waals surface area contributed by atoms with Gasteiger partial charge in [-0.1, -0.05) is 6.07 Å². The normalized spacial score (nSPS) is 16.7. The molecular formula is C21H26BrN5O3. The van der Waals surface area contributed by atoms with Gasteiger partial charge in [-0.2, -0.15) is 0 Å². The first-order valence-corrected chi connectivity index (χ1v) is 10.6. The highest BCUT2D eigenvalue weighted by atomic mass is 79.9. The summed E-state index contributed by atoms with van der Waals surface area (Å²) < 4.78 is 5.96. The van der Waals surface area contributed by atoms with Crippen molar-refractivity contribution in [1.82, 2.24) is 15.3 Å². The van der Waals surface area contributed by atoms with Crippen molar-refractivity contribution in [3.63, 3.8) is 0 Å². The summed E-state index contributed by atoms with van der Waals surface area (Å²) in [6.45, 7) is 6.94. The largest absolute Gasteiger partial charge is 0.444 e. The third-order valence-electron chi connectivity index (χ3n) is 4.48. The fourth-order valence-corrected chi connectivity index (χ4v) is 3.61. The van der Waals surface area contributed by atoms with Crippen LogP contribution in [0.25, 0.3) is 0 Å². The number of anilines is 2. The second-order valence-corrected chi connectivity index (χ2v) is 8.94. The molecule has 1 aliphatic heterocycles. The molecule has 0 bridgehead atoms. The molecule has 3 heterocycles. The van der Waals surface area contributed by atoms with E-state index in [1.807, 2.05) is 26.8 Å². The summed E-state index contributed by atoms with van der Waals surface area (Å²) in [7, 11) is 0. The van der Waals surface area contributed by atoms with Crippen LogP contribution in [0, 0.1) is 0 Å². The Kier molecular flexibility index (Phi) is 6.91. The van der Waals surface area contributed by atoms with Crippen molar-refractivity contribution in [3.8, 4) is 0 Å². The lowest BCUT2D eigenvalue weighted by atomic mass is 10.0. The Balaban J connectivity index is 1.70. The Labute approximate surface area is 184 Å². The summed E-state index contributed by atoms with van der Waals surface area (Å²) in [6, 6.07) is 6.99. The number of hydrogen-bond acceptors (Lipinski definition) is 6. The zero-order chi connectivity index (χ0) is 21.7. The topological polar surface area (TPSA) is 96.5 Å². The average Bonchev–Trinajstić information content (AvgIpc) is 2.67.